The van der Waals surface area contributed by atoms with E-state index < -0.39 is 24.9 Å². The molecule has 0 aliphatic carbocycles. The Morgan fingerprint density at radius 3 is 2.73 bits per heavy atom. The van der Waals surface area contributed by atoms with Gasteiger partial charge in [0.15, 0.2) is 11.5 Å². The number of hydrogen-bond donors (Lipinski definition) is 2. The number of ether oxygens (including phenoxy) is 3. The molecule has 0 saturated heterocycles. The summed E-state index contributed by atoms with van der Waals surface area (Å²) in [5.74, 6) is -2.77. The van der Waals surface area contributed by atoms with Crippen LogP contribution in [0.2, 0.25) is 0 Å². The van der Waals surface area contributed by atoms with Gasteiger partial charge in [-0.05, 0) is 12.1 Å². The summed E-state index contributed by atoms with van der Waals surface area (Å²) >= 11 is 0. The zero-order valence-electron chi connectivity index (χ0n) is 11.9. The van der Waals surface area contributed by atoms with Crippen molar-refractivity contribution < 1.29 is 27.8 Å². The first-order valence-corrected chi connectivity index (χ1v) is 6.30. The molecule has 6 nitrogen and oxygen atoms in total. The average molecular weight is 339 g/mol. The van der Waals surface area contributed by atoms with Gasteiger partial charge in [0.1, 0.15) is 13.2 Å². The van der Waals surface area contributed by atoms with Gasteiger partial charge in [0.25, 0.3) is 11.8 Å². The van der Waals surface area contributed by atoms with Crippen molar-refractivity contribution in [1.82, 2.24) is 5.32 Å². The van der Waals surface area contributed by atoms with E-state index in [4.69, 9.17) is 19.9 Å². The molecule has 1 aromatic rings. The van der Waals surface area contributed by atoms with Crippen molar-refractivity contribution in [3.8, 4) is 17.2 Å². The maximum absolute atomic E-state index is 13.0. The molecule has 0 spiro atoms. The lowest BCUT2D eigenvalue weighted by molar-refractivity contribution is 0.0118. The number of fused-ring (bicyclic) bond motifs is 1. The first-order valence-electron chi connectivity index (χ1n) is 6.30. The number of carbonyl (C=O) groups is 1. The highest BCUT2D eigenvalue weighted by atomic mass is 35.5. The van der Waals surface area contributed by atoms with E-state index in [0.29, 0.717) is 30.5 Å². The predicted octanol–water partition coefficient (Wildman–Crippen LogP) is 1.21. The monoisotopic (exact) mass is 338 g/mol. The molecule has 0 saturated carbocycles. The number of nitrogens with one attached hydrogen (secondary N) is 1. The van der Waals surface area contributed by atoms with Crippen molar-refractivity contribution in [2.24, 2.45) is 5.73 Å². The second kappa shape index (κ2) is 7.46. The second-order valence-electron chi connectivity index (χ2n) is 4.45. The van der Waals surface area contributed by atoms with Crippen molar-refractivity contribution in [1.29, 1.82) is 0 Å². The zero-order chi connectivity index (χ0) is 15.5. The number of hydrogen-bond acceptors (Lipinski definition) is 5. The Morgan fingerprint density at radius 1 is 1.41 bits per heavy atom. The SMILES string of the molecule is COc1cc(C(=O)NCC(F)(F)CN)cc2c1OCCO2.Cl. The van der Waals surface area contributed by atoms with Crippen molar-refractivity contribution in [3.05, 3.63) is 17.7 Å². The van der Waals surface area contributed by atoms with Gasteiger partial charge in [-0.1, -0.05) is 0 Å². The maximum atomic E-state index is 13.0. The molecule has 1 amide bonds. The molecule has 0 atom stereocenters. The number of methoxy groups -OCH3 is 1. The quantitative estimate of drug-likeness (QED) is 0.843. The van der Waals surface area contributed by atoms with Gasteiger partial charge in [-0.3, -0.25) is 4.79 Å². The number of halogens is 3. The molecular formula is C13H17ClF2N2O4. The van der Waals surface area contributed by atoms with Crippen LogP contribution in [0.25, 0.3) is 0 Å². The molecular weight excluding hydrogens is 322 g/mol. The standard InChI is InChI=1S/C13H16F2N2O4.ClH/c1-19-9-4-8(5-10-11(9)21-3-2-20-10)12(18)17-7-13(14,15)6-16;/h4-5H,2-3,6-7,16H2,1H3,(H,17,18);1H. The van der Waals surface area contributed by atoms with E-state index in [2.05, 4.69) is 5.32 Å². The average Bonchev–Trinajstić information content (AvgIpc) is 2.51. The van der Waals surface area contributed by atoms with E-state index in [9.17, 15) is 13.6 Å². The van der Waals surface area contributed by atoms with E-state index in [0.717, 1.165) is 0 Å². The Bertz CT molecular complexity index is 526. The third kappa shape index (κ3) is 4.11. The topological polar surface area (TPSA) is 82.8 Å². The van der Waals surface area contributed by atoms with Gasteiger partial charge in [-0.2, -0.15) is 0 Å². The summed E-state index contributed by atoms with van der Waals surface area (Å²) < 4.78 is 42.0. The summed E-state index contributed by atoms with van der Waals surface area (Å²) in [6.45, 7) is -0.957. The fraction of sp³-hybridized carbons (Fsp3) is 0.462. The molecule has 1 aliphatic heterocycles. The van der Waals surface area contributed by atoms with Crippen molar-refractivity contribution in [2.75, 3.05) is 33.4 Å². The third-order valence-corrected chi connectivity index (χ3v) is 2.90. The maximum Gasteiger partial charge on any atom is 0.277 e. The third-order valence-electron chi connectivity index (χ3n) is 2.90. The van der Waals surface area contributed by atoms with E-state index in [-0.39, 0.29) is 18.0 Å². The van der Waals surface area contributed by atoms with Crippen LogP contribution in [-0.2, 0) is 0 Å². The van der Waals surface area contributed by atoms with Crippen LogP contribution < -0.4 is 25.3 Å². The molecule has 0 radical (unpaired) electrons. The van der Waals surface area contributed by atoms with Gasteiger partial charge in [-0.25, -0.2) is 8.78 Å². The Hall–Kier alpha value is -1.80. The van der Waals surface area contributed by atoms with Gasteiger partial charge in [0.2, 0.25) is 5.75 Å². The van der Waals surface area contributed by atoms with Gasteiger partial charge in [-0.15, -0.1) is 12.4 Å². The number of amides is 1. The largest absolute Gasteiger partial charge is 0.493 e. The van der Waals surface area contributed by atoms with Crippen LogP contribution in [0.5, 0.6) is 17.2 Å². The normalized spacial score (nSPS) is 13.1. The fourth-order valence-corrected chi connectivity index (χ4v) is 1.79. The predicted molar refractivity (Wildman–Crippen MR) is 77.6 cm³/mol. The minimum atomic E-state index is -3.15. The van der Waals surface area contributed by atoms with Crippen molar-refractivity contribution >= 4 is 18.3 Å². The summed E-state index contributed by atoms with van der Waals surface area (Å²) in [5.41, 5.74) is 5.05. The Morgan fingerprint density at radius 2 is 2.09 bits per heavy atom. The number of rotatable bonds is 5. The molecule has 0 aromatic heterocycles. The van der Waals surface area contributed by atoms with Crippen LogP contribution in [-0.4, -0.2) is 45.2 Å². The van der Waals surface area contributed by atoms with E-state index in [1.807, 2.05) is 0 Å². The number of nitrogens with two attached hydrogens (primary N) is 1. The number of alkyl halides is 2. The van der Waals surface area contributed by atoms with Gasteiger partial charge in [0, 0.05) is 5.56 Å². The van der Waals surface area contributed by atoms with Crippen LogP contribution >= 0.6 is 12.4 Å². The first kappa shape index (κ1) is 18.2. The number of carbonyl (C=O) groups excluding carboxylic acids is 1. The van der Waals surface area contributed by atoms with E-state index >= 15 is 0 Å². The van der Waals surface area contributed by atoms with Crippen LogP contribution in [0.15, 0.2) is 12.1 Å². The van der Waals surface area contributed by atoms with Crippen LogP contribution in [0.4, 0.5) is 8.78 Å². The van der Waals surface area contributed by atoms with Crippen LogP contribution in [0.1, 0.15) is 10.4 Å². The molecule has 0 unspecified atom stereocenters. The van der Waals surface area contributed by atoms with Gasteiger partial charge in [0.05, 0.1) is 20.2 Å². The van der Waals surface area contributed by atoms with E-state index in [1.165, 1.54) is 19.2 Å². The lowest BCUT2D eigenvalue weighted by Crippen LogP contribution is -2.41. The highest BCUT2D eigenvalue weighted by Crippen LogP contribution is 2.40. The van der Waals surface area contributed by atoms with Crippen LogP contribution in [0, 0.1) is 0 Å². The number of benzene rings is 1. The molecule has 9 heteroatoms. The van der Waals surface area contributed by atoms with E-state index in [1.54, 1.807) is 0 Å². The minimum Gasteiger partial charge on any atom is -0.493 e. The lowest BCUT2D eigenvalue weighted by atomic mass is 10.1. The lowest BCUT2D eigenvalue weighted by Gasteiger charge is -2.21. The molecule has 0 fully saturated rings. The molecule has 22 heavy (non-hydrogen) atoms. The molecule has 1 heterocycles. The summed E-state index contributed by atoms with van der Waals surface area (Å²) in [6, 6.07) is 2.83. The fourth-order valence-electron chi connectivity index (χ4n) is 1.79. The molecule has 3 N–H and O–H groups in total. The van der Waals surface area contributed by atoms with Crippen molar-refractivity contribution in [3.63, 3.8) is 0 Å². The first-order chi connectivity index (χ1) is 9.96. The summed E-state index contributed by atoms with van der Waals surface area (Å²) in [7, 11) is 1.41. The highest BCUT2D eigenvalue weighted by molar-refractivity contribution is 5.95. The Labute approximate surface area is 132 Å². The zero-order valence-corrected chi connectivity index (χ0v) is 12.7. The van der Waals surface area contributed by atoms with Crippen LogP contribution in [0.3, 0.4) is 0 Å². The summed E-state index contributed by atoms with van der Waals surface area (Å²) in [6.07, 6.45) is 0. The Balaban J connectivity index is 0.00000242. The molecule has 0 bridgehead atoms. The smallest absolute Gasteiger partial charge is 0.277 e. The molecule has 1 aliphatic rings. The van der Waals surface area contributed by atoms with Crippen molar-refractivity contribution in [2.45, 2.75) is 5.92 Å². The molecule has 1 aromatic carbocycles. The highest BCUT2D eigenvalue weighted by Gasteiger charge is 2.28. The summed E-state index contributed by atoms with van der Waals surface area (Å²) in [5, 5.41) is 2.13. The molecule has 2 rings (SSSR count). The molecule has 124 valence electrons. The summed E-state index contributed by atoms with van der Waals surface area (Å²) in [4.78, 5) is 11.9. The Kier molecular flexibility index (Phi) is 6.19. The second-order valence-corrected chi connectivity index (χ2v) is 4.45. The van der Waals surface area contributed by atoms with Gasteiger partial charge < -0.3 is 25.3 Å². The minimum absolute atomic E-state index is 0. The van der Waals surface area contributed by atoms with Gasteiger partial charge >= 0.3 is 0 Å².